The van der Waals surface area contributed by atoms with Crippen molar-refractivity contribution in [2.45, 2.75) is 19.8 Å². The molecular weight excluding hydrogens is 472 g/mol. The molecule has 2 heterocycles. The SMILES string of the molecule is COC(=O)C1=C(C)NC(C)=C(C(=O)OC)C1c1ccccc1-c1nc(-c2cccc(Cl)c2)cs1. The number of esters is 2. The molecule has 0 bridgehead atoms. The number of thiazole rings is 1. The quantitative estimate of drug-likeness (QED) is 0.458. The van der Waals surface area contributed by atoms with Crippen molar-refractivity contribution >= 4 is 34.9 Å². The topological polar surface area (TPSA) is 77.5 Å². The maximum atomic E-state index is 12.9. The molecule has 0 unspecified atom stereocenters. The minimum atomic E-state index is -0.684. The van der Waals surface area contributed by atoms with Crippen LogP contribution in [0.4, 0.5) is 0 Å². The van der Waals surface area contributed by atoms with Crippen molar-refractivity contribution in [3.05, 3.63) is 87.0 Å². The Balaban J connectivity index is 1.90. The number of allylic oxidation sites excluding steroid dienone is 2. The molecule has 0 spiro atoms. The van der Waals surface area contributed by atoms with Crippen LogP contribution in [0.5, 0.6) is 0 Å². The number of dihydropyridines is 1. The van der Waals surface area contributed by atoms with Crippen molar-refractivity contribution < 1.29 is 19.1 Å². The van der Waals surface area contributed by atoms with Crippen molar-refractivity contribution in [3.8, 4) is 21.8 Å². The first-order valence-corrected chi connectivity index (χ1v) is 11.8. The number of methoxy groups -OCH3 is 2. The Kier molecular flexibility index (Phi) is 6.86. The van der Waals surface area contributed by atoms with Gasteiger partial charge in [-0.25, -0.2) is 14.6 Å². The van der Waals surface area contributed by atoms with Crippen LogP contribution in [0, 0.1) is 0 Å². The number of carbonyl (C=O) groups excluding carboxylic acids is 2. The summed E-state index contributed by atoms with van der Waals surface area (Å²) in [6.07, 6.45) is 0. The van der Waals surface area contributed by atoms with E-state index in [1.54, 1.807) is 13.8 Å². The van der Waals surface area contributed by atoms with Crippen molar-refractivity contribution in [1.82, 2.24) is 10.3 Å². The van der Waals surface area contributed by atoms with Gasteiger partial charge in [-0.05, 0) is 31.5 Å². The number of carbonyl (C=O) groups is 2. The molecule has 174 valence electrons. The summed E-state index contributed by atoms with van der Waals surface area (Å²) in [5.74, 6) is -1.72. The van der Waals surface area contributed by atoms with Gasteiger partial charge in [0.05, 0.1) is 37.0 Å². The summed E-state index contributed by atoms with van der Waals surface area (Å²) in [5.41, 5.74) is 5.23. The third-order valence-corrected chi connectivity index (χ3v) is 6.81. The number of aromatic nitrogens is 1. The molecule has 1 aliphatic heterocycles. The number of hydrogen-bond acceptors (Lipinski definition) is 7. The van der Waals surface area contributed by atoms with E-state index >= 15 is 0 Å². The molecule has 0 atom stereocenters. The highest BCUT2D eigenvalue weighted by molar-refractivity contribution is 7.13. The molecule has 8 heteroatoms. The lowest BCUT2D eigenvalue weighted by Crippen LogP contribution is -2.32. The smallest absolute Gasteiger partial charge is 0.336 e. The first-order valence-electron chi connectivity index (χ1n) is 10.5. The summed E-state index contributed by atoms with van der Waals surface area (Å²) in [7, 11) is 2.65. The average molecular weight is 495 g/mol. The van der Waals surface area contributed by atoms with Crippen molar-refractivity contribution in [2.75, 3.05) is 14.2 Å². The Morgan fingerprint density at radius 3 is 2.24 bits per heavy atom. The molecule has 1 aromatic heterocycles. The number of ether oxygens (including phenoxy) is 2. The van der Waals surface area contributed by atoms with Crippen LogP contribution in [0.2, 0.25) is 5.02 Å². The highest BCUT2D eigenvalue weighted by atomic mass is 35.5. The summed E-state index contributed by atoms with van der Waals surface area (Å²) in [6.45, 7) is 3.58. The molecular formula is C26H23ClN2O4S. The van der Waals surface area contributed by atoms with E-state index in [1.807, 2.05) is 53.9 Å². The molecule has 34 heavy (non-hydrogen) atoms. The standard InChI is InChI=1S/C26H23ClN2O4S/c1-14-21(25(30)32-3)23(22(15(2)28-14)26(31)33-4)18-10-5-6-11-19(18)24-29-20(13-34-24)16-8-7-9-17(27)12-16/h5-13,23,28H,1-4H3. The highest BCUT2D eigenvalue weighted by Crippen LogP contribution is 2.43. The second-order valence-corrected chi connectivity index (χ2v) is 9.05. The monoisotopic (exact) mass is 494 g/mol. The number of halogens is 1. The van der Waals surface area contributed by atoms with Crippen LogP contribution in [-0.4, -0.2) is 31.1 Å². The van der Waals surface area contributed by atoms with Gasteiger partial charge in [-0.3, -0.25) is 0 Å². The zero-order valence-electron chi connectivity index (χ0n) is 19.1. The van der Waals surface area contributed by atoms with Gasteiger partial charge in [-0.15, -0.1) is 11.3 Å². The highest BCUT2D eigenvalue weighted by Gasteiger charge is 2.38. The van der Waals surface area contributed by atoms with E-state index in [1.165, 1.54) is 25.6 Å². The van der Waals surface area contributed by atoms with Gasteiger partial charge in [0.25, 0.3) is 0 Å². The Morgan fingerprint density at radius 1 is 0.971 bits per heavy atom. The van der Waals surface area contributed by atoms with Crippen LogP contribution in [0.25, 0.3) is 21.8 Å². The van der Waals surface area contributed by atoms with E-state index in [9.17, 15) is 9.59 Å². The largest absolute Gasteiger partial charge is 0.466 e. The van der Waals surface area contributed by atoms with Gasteiger partial charge in [0, 0.05) is 32.9 Å². The Labute approximate surface area is 206 Å². The number of nitrogens with one attached hydrogen (secondary N) is 1. The minimum absolute atomic E-state index is 0.354. The van der Waals surface area contributed by atoms with Gasteiger partial charge in [-0.2, -0.15) is 0 Å². The van der Waals surface area contributed by atoms with E-state index in [0.29, 0.717) is 27.6 Å². The predicted molar refractivity (Wildman–Crippen MR) is 133 cm³/mol. The molecule has 0 saturated carbocycles. The van der Waals surface area contributed by atoms with Gasteiger partial charge < -0.3 is 14.8 Å². The van der Waals surface area contributed by atoms with Crippen LogP contribution >= 0.6 is 22.9 Å². The molecule has 6 nitrogen and oxygen atoms in total. The van der Waals surface area contributed by atoms with Crippen LogP contribution in [0.3, 0.4) is 0 Å². The first-order chi connectivity index (χ1) is 16.3. The molecule has 0 amide bonds. The summed E-state index contributed by atoms with van der Waals surface area (Å²) in [4.78, 5) is 30.6. The number of benzene rings is 2. The van der Waals surface area contributed by atoms with Gasteiger partial charge >= 0.3 is 11.9 Å². The van der Waals surface area contributed by atoms with Gasteiger partial charge in [0.2, 0.25) is 0 Å². The molecule has 1 N–H and O–H groups in total. The zero-order valence-corrected chi connectivity index (χ0v) is 20.7. The number of rotatable bonds is 5. The third kappa shape index (κ3) is 4.36. The van der Waals surface area contributed by atoms with Crippen LogP contribution in [0.15, 0.2) is 76.5 Å². The number of hydrogen-bond donors (Lipinski definition) is 1. The Bertz CT molecular complexity index is 1300. The van der Waals surface area contributed by atoms with Crippen molar-refractivity contribution in [2.24, 2.45) is 0 Å². The fourth-order valence-electron chi connectivity index (χ4n) is 4.19. The lowest BCUT2D eigenvalue weighted by atomic mass is 9.78. The second-order valence-electron chi connectivity index (χ2n) is 7.75. The summed E-state index contributed by atoms with van der Waals surface area (Å²) in [6, 6.07) is 15.1. The third-order valence-electron chi connectivity index (χ3n) is 5.70. The molecule has 0 fully saturated rings. The van der Waals surface area contributed by atoms with Crippen molar-refractivity contribution in [3.63, 3.8) is 0 Å². The lowest BCUT2D eigenvalue weighted by Gasteiger charge is -2.31. The molecule has 3 aromatic rings. The summed E-state index contributed by atoms with van der Waals surface area (Å²) in [5, 5.41) is 6.49. The average Bonchev–Trinajstić information content (AvgIpc) is 3.33. The lowest BCUT2D eigenvalue weighted by molar-refractivity contribution is -0.137. The van der Waals surface area contributed by atoms with Gasteiger partial charge in [0.1, 0.15) is 5.01 Å². The fraction of sp³-hybridized carbons (Fsp3) is 0.192. The maximum Gasteiger partial charge on any atom is 0.336 e. The maximum absolute atomic E-state index is 12.9. The minimum Gasteiger partial charge on any atom is -0.466 e. The molecule has 0 radical (unpaired) electrons. The number of nitrogens with zero attached hydrogens (tertiary/aromatic N) is 1. The van der Waals surface area contributed by atoms with Gasteiger partial charge in [0.15, 0.2) is 0 Å². The fourth-order valence-corrected chi connectivity index (χ4v) is 5.25. The molecule has 2 aromatic carbocycles. The second kappa shape index (κ2) is 9.83. The van der Waals surface area contributed by atoms with Crippen molar-refractivity contribution in [1.29, 1.82) is 0 Å². The zero-order chi connectivity index (χ0) is 24.4. The van der Waals surface area contributed by atoms with E-state index < -0.39 is 17.9 Å². The summed E-state index contributed by atoms with van der Waals surface area (Å²) < 4.78 is 10.2. The molecule has 4 rings (SSSR count). The molecule has 0 aliphatic carbocycles. The van der Waals surface area contributed by atoms with Crippen LogP contribution in [-0.2, 0) is 19.1 Å². The summed E-state index contributed by atoms with van der Waals surface area (Å²) >= 11 is 7.64. The Hall–Kier alpha value is -3.42. The van der Waals surface area contributed by atoms with Crippen LogP contribution in [0.1, 0.15) is 25.3 Å². The van der Waals surface area contributed by atoms with E-state index in [0.717, 1.165) is 27.4 Å². The van der Waals surface area contributed by atoms with E-state index in [2.05, 4.69) is 5.32 Å². The molecule has 1 aliphatic rings. The van der Waals surface area contributed by atoms with Gasteiger partial charge in [-0.1, -0.05) is 48.0 Å². The van der Waals surface area contributed by atoms with E-state index in [4.69, 9.17) is 26.1 Å². The van der Waals surface area contributed by atoms with Crippen LogP contribution < -0.4 is 5.32 Å². The normalized spacial score (nSPS) is 14.1. The first kappa shape index (κ1) is 23.7. The van der Waals surface area contributed by atoms with E-state index in [-0.39, 0.29) is 0 Å². The molecule has 0 saturated heterocycles. The predicted octanol–water partition coefficient (Wildman–Crippen LogP) is 5.71. The Morgan fingerprint density at radius 2 is 1.62 bits per heavy atom.